The third-order valence-corrected chi connectivity index (χ3v) is 3.51. The summed E-state index contributed by atoms with van der Waals surface area (Å²) in [5.74, 6) is 0.776. The molecule has 2 N–H and O–H groups in total. The minimum absolute atomic E-state index is 0.126. The number of hydrogen-bond donors (Lipinski definition) is 2. The molecular weight excluding hydrogens is 276 g/mol. The molecule has 2 aromatic rings. The Bertz CT molecular complexity index is 661. The molecule has 0 atom stereocenters. The van der Waals surface area contributed by atoms with Crippen LogP contribution in [0.25, 0.3) is 0 Å². The minimum atomic E-state index is -0.276. The molecule has 0 aromatic heterocycles. The number of amides is 2. The highest BCUT2D eigenvalue weighted by atomic mass is 16.5. The van der Waals surface area contributed by atoms with Gasteiger partial charge in [0, 0.05) is 5.69 Å². The predicted octanol–water partition coefficient (Wildman–Crippen LogP) is 4.08. The molecule has 0 unspecified atom stereocenters. The van der Waals surface area contributed by atoms with Gasteiger partial charge in [0.15, 0.2) is 6.73 Å². The third-order valence-electron chi connectivity index (χ3n) is 3.51. The predicted molar refractivity (Wildman–Crippen MR) is 89.5 cm³/mol. The molecule has 116 valence electrons. The van der Waals surface area contributed by atoms with Gasteiger partial charge in [0.1, 0.15) is 5.75 Å². The monoisotopic (exact) mass is 298 g/mol. The maximum Gasteiger partial charge on any atom is 0.321 e. The fourth-order valence-electron chi connectivity index (χ4n) is 2.31. The van der Waals surface area contributed by atoms with Crippen LogP contribution in [0.3, 0.4) is 0 Å². The lowest BCUT2D eigenvalue weighted by Gasteiger charge is -2.14. The maximum atomic E-state index is 11.9. The molecule has 0 radical (unpaired) electrons. The van der Waals surface area contributed by atoms with Crippen molar-refractivity contribution in [3.8, 4) is 5.75 Å². The summed E-state index contributed by atoms with van der Waals surface area (Å²) in [6.07, 6.45) is 0. The van der Waals surface area contributed by atoms with Crippen molar-refractivity contribution in [2.24, 2.45) is 0 Å². The Morgan fingerprint density at radius 3 is 2.32 bits per heavy atom. The van der Waals surface area contributed by atoms with E-state index in [1.165, 1.54) is 5.56 Å². The van der Waals surface area contributed by atoms with Crippen LogP contribution >= 0.6 is 0 Å². The van der Waals surface area contributed by atoms with Gasteiger partial charge < -0.3 is 15.4 Å². The number of para-hydroxylation sites is 1. The number of carbonyl (C=O) groups excluding carboxylic acids is 1. The fraction of sp³-hybridized carbons (Fsp3) is 0.278. The lowest BCUT2D eigenvalue weighted by molar-refractivity contribution is 0.234. The average Bonchev–Trinajstić information content (AvgIpc) is 2.45. The van der Waals surface area contributed by atoms with Crippen LogP contribution in [-0.4, -0.2) is 12.8 Å². The second-order valence-corrected chi connectivity index (χ2v) is 5.46. The summed E-state index contributed by atoms with van der Waals surface area (Å²) in [6.45, 7) is 8.08. The first kappa shape index (κ1) is 15.9. The summed E-state index contributed by atoms with van der Waals surface area (Å²) in [5.41, 5.74) is 5.14. The van der Waals surface area contributed by atoms with Gasteiger partial charge >= 0.3 is 6.03 Å². The van der Waals surface area contributed by atoms with Crippen LogP contribution in [0.5, 0.6) is 5.75 Å². The first-order valence-electron chi connectivity index (χ1n) is 7.28. The molecule has 4 heteroatoms. The molecule has 0 spiro atoms. The molecule has 4 nitrogen and oxygen atoms in total. The normalized spacial score (nSPS) is 10.2. The largest absolute Gasteiger partial charge is 0.473 e. The zero-order valence-corrected chi connectivity index (χ0v) is 13.5. The van der Waals surface area contributed by atoms with Crippen LogP contribution in [0.15, 0.2) is 36.4 Å². The molecule has 0 aliphatic carbocycles. The van der Waals surface area contributed by atoms with Crippen molar-refractivity contribution in [1.29, 1.82) is 0 Å². The molecule has 0 aliphatic heterocycles. The van der Waals surface area contributed by atoms with Crippen molar-refractivity contribution in [1.82, 2.24) is 5.32 Å². The van der Waals surface area contributed by atoms with Gasteiger partial charge in [0.25, 0.3) is 0 Å². The summed E-state index contributed by atoms with van der Waals surface area (Å²) in [4.78, 5) is 11.9. The number of rotatable bonds is 4. The highest BCUT2D eigenvalue weighted by molar-refractivity contribution is 5.90. The van der Waals surface area contributed by atoms with Gasteiger partial charge in [0.2, 0.25) is 0 Å². The molecular formula is C18H22N2O2. The van der Waals surface area contributed by atoms with Crippen LogP contribution in [0.1, 0.15) is 22.3 Å². The van der Waals surface area contributed by atoms with Crippen molar-refractivity contribution in [3.63, 3.8) is 0 Å². The molecule has 0 saturated carbocycles. The van der Waals surface area contributed by atoms with Crippen molar-refractivity contribution in [2.75, 3.05) is 12.0 Å². The van der Waals surface area contributed by atoms with E-state index >= 15 is 0 Å². The van der Waals surface area contributed by atoms with Gasteiger partial charge in [-0.25, -0.2) is 4.79 Å². The average molecular weight is 298 g/mol. The number of urea groups is 1. The number of carbonyl (C=O) groups is 1. The van der Waals surface area contributed by atoms with Crippen LogP contribution in [0, 0.1) is 27.7 Å². The number of ether oxygens (including phenoxy) is 1. The number of benzene rings is 2. The van der Waals surface area contributed by atoms with Gasteiger partial charge in [-0.05, 0) is 50.5 Å². The van der Waals surface area contributed by atoms with E-state index in [2.05, 4.69) is 10.6 Å². The van der Waals surface area contributed by atoms with Crippen molar-refractivity contribution >= 4 is 11.7 Å². The summed E-state index contributed by atoms with van der Waals surface area (Å²) in [5, 5.41) is 5.56. The third kappa shape index (κ3) is 4.01. The fourth-order valence-corrected chi connectivity index (χ4v) is 2.31. The lowest BCUT2D eigenvalue weighted by atomic mass is 10.1. The van der Waals surface area contributed by atoms with Gasteiger partial charge in [-0.3, -0.25) is 0 Å². The molecule has 2 amide bonds. The quantitative estimate of drug-likeness (QED) is 0.836. The van der Waals surface area contributed by atoms with E-state index in [1.54, 1.807) is 0 Å². The molecule has 0 bridgehead atoms. The van der Waals surface area contributed by atoms with E-state index in [0.717, 1.165) is 28.1 Å². The molecule has 0 aliphatic rings. The number of aryl methyl sites for hydroxylation is 4. The Morgan fingerprint density at radius 1 is 1.00 bits per heavy atom. The summed E-state index contributed by atoms with van der Waals surface area (Å²) in [6, 6.07) is 11.6. The van der Waals surface area contributed by atoms with E-state index < -0.39 is 0 Å². The van der Waals surface area contributed by atoms with Crippen LogP contribution in [-0.2, 0) is 0 Å². The standard InChI is InChI=1S/C18H22N2O2/c1-12-8-9-16(15(4)10-12)22-11-19-18(21)20-17-13(2)6-5-7-14(17)3/h5-10H,11H2,1-4H3,(H2,19,20,21). The second-order valence-electron chi connectivity index (χ2n) is 5.46. The van der Waals surface area contributed by atoms with Crippen molar-refractivity contribution in [2.45, 2.75) is 27.7 Å². The van der Waals surface area contributed by atoms with Crippen molar-refractivity contribution < 1.29 is 9.53 Å². The molecule has 0 heterocycles. The lowest BCUT2D eigenvalue weighted by Crippen LogP contribution is -2.32. The van der Waals surface area contributed by atoms with Crippen molar-refractivity contribution in [3.05, 3.63) is 58.7 Å². The molecule has 22 heavy (non-hydrogen) atoms. The van der Waals surface area contributed by atoms with Crippen LogP contribution in [0.4, 0.5) is 10.5 Å². The highest BCUT2D eigenvalue weighted by Crippen LogP contribution is 2.19. The van der Waals surface area contributed by atoms with E-state index in [0.29, 0.717) is 0 Å². The molecule has 2 rings (SSSR count). The zero-order chi connectivity index (χ0) is 16.1. The molecule has 0 saturated heterocycles. The highest BCUT2D eigenvalue weighted by Gasteiger charge is 2.07. The number of anilines is 1. The first-order chi connectivity index (χ1) is 10.5. The van der Waals surface area contributed by atoms with Gasteiger partial charge in [0.05, 0.1) is 0 Å². The first-order valence-corrected chi connectivity index (χ1v) is 7.28. The van der Waals surface area contributed by atoms with Gasteiger partial charge in [-0.1, -0.05) is 35.9 Å². The van der Waals surface area contributed by atoms with E-state index in [9.17, 15) is 4.79 Å². The van der Waals surface area contributed by atoms with Gasteiger partial charge in [-0.15, -0.1) is 0 Å². The maximum absolute atomic E-state index is 11.9. The van der Waals surface area contributed by atoms with Crippen LogP contribution in [0.2, 0.25) is 0 Å². The molecule has 0 fully saturated rings. The Balaban J connectivity index is 1.88. The summed E-state index contributed by atoms with van der Waals surface area (Å²) >= 11 is 0. The second kappa shape index (κ2) is 6.98. The topological polar surface area (TPSA) is 50.4 Å². The Labute approximate surface area is 131 Å². The van der Waals surface area contributed by atoms with E-state index in [1.807, 2.05) is 64.1 Å². The Morgan fingerprint density at radius 2 is 1.68 bits per heavy atom. The minimum Gasteiger partial charge on any atom is -0.473 e. The van der Waals surface area contributed by atoms with Gasteiger partial charge in [-0.2, -0.15) is 0 Å². The number of hydrogen-bond acceptors (Lipinski definition) is 2. The SMILES string of the molecule is Cc1ccc(OCNC(=O)Nc2c(C)cccc2C)c(C)c1. The smallest absolute Gasteiger partial charge is 0.321 e. The summed E-state index contributed by atoms with van der Waals surface area (Å²) in [7, 11) is 0. The van der Waals surface area contributed by atoms with Crippen LogP contribution < -0.4 is 15.4 Å². The zero-order valence-electron chi connectivity index (χ0n) is 13.5. The van der Waals surface area contributed by atoms with E-state index in [4.69, 9.17) is 4.74 Å². The Hall–Kier alpha value is -2.49. The Kier molecular flexibility index (Phi) is 5.04. The number of nitrogens with one attached hydrogen (secondary N) is 2. The summed E-state index contributed by atoms with van der Waals surface area (Å²) < 4.78 is 5.59. The van der Waals surface area contributed by atoms with E-state index in [-0.39, 0.29) is 12.8 Å². The molecule has 2 aromatic carbocycles.